The van der Waals surface area contributed by atoms with Crippen LogP contribution in [0.4, 0.5) is 0 Å². The molecule has 0 saturated heterocycles. The zero-order chi connectivity index (χ0) is 7.98. The van der Waals surface area contributed by atoms with Gasteiger partial charge < -0.3 is 31.4 Å². The molecule has 0 heterocycles. The topological polar surface area (TPSA) is 35.2 Å². The molecule has 0 amide bonds. The van der Waals surface area contributed by atoms with Gasteiger partial charge in [-0.05, 0) is 5.92 Å². The Morgan fingerprint density at radius 2 is 1.85 bits per heavy atom. The summed E-state index contributed by atoms with van der Waals surface area (Å²) in [5.41, 5.74) is 6.29. The van der Waals surface area contributed by atoms with E-state index in [0.717, 1.165) is 5.70 Å². The minimum absolute atomic E-state index is 0. The van der Waals surface area contributed by atoms with Crippen molar-refractivity contribution in [2.75, 3.05) is 0 Å². The van der Waals surface area contributed by atoms with Crippen molar-refractivity contribution in [1.29, 1.82) is 0 Å². The van der Waals surface area contributed by atoms with Crippen LogP contribution in [-0.2, 0) is 4.74 Å². The second-order valence-corrected chi connectivity index (χ2v) is 2.32. The average molecular weight is 177 g/mol. The van der Waals surface area contributed by atoms with E-state index in [4.69, 9.17) is 10.5 Å². The summed E-state index contributed by atoms with van der Waals surface area (Å²) in [5.74, 6) is 0.338. The number of ether oxygens (including phenoxy) is 1. The molecular formula is C10H20LiNO-2. The Morgan fingerprint density at radius 3 is 2.15 bits per heavy atom. The van der Waals surface area contributed by atoms with Crippen molar-refractivity contribution in [1.82, 2.24) is 0 Å². The predicted octanol–water partition coefficient (Wildman–Crippen LogP) is -0.300. The molecule has 3 heteroatoms. The van der Waals surface area contributed by atoms with Gasteiger partial charge in [0.1, 0.15) is 6.26 Å². The van der Waals surface area contributed by atoms with Gasteiger partial charge in [0.15, 0.2) is 0 Å². The molecule has 0 aromatic carbocycles. The molecule has 0 saturated carbocycles. The third kappa shape index (κ3) is 14.5. The standard InChI is InChI=1S/C8H14NO.2CH3.Li/c1-4-5-10-6-8(9)7(2)3;;;/h5-7H,9H2,1-3H3;2*1H3;/q3*-1;+1/b8-6-;;;. The Kier molecular flexibility index (Phi) is 25.1. The monoisotopic (exact) mass is 177 g/mol. The normalized spacial score (nSPS) is 10.0. The van der Waals surface area contributed by atoms with Crippen LogP contribution < -0.4 is 24.6 Å². The van der Waals surface area contributed by atoms with E-state index in [2.05, 4.69) is 6.08 Å². The van der Waals surface area contributed by atoms with Crippen LogP contribution in [0, 0.1) is 26.8 Å². The van der Waals surface area contributed by atoms with Crippen LogP contribution in [-0.4, -0.2) is 0 Å². The van der Waals surface area contributed by atoms with Crippen molar-refractivity contribution in [3.63, 3.8) is 0 Å². The Labute approximate surface area is 95.4 Å². The number of rotatable bonds is 3. The zero-order valence-corrected chi connectivity index (χ0v) is 9.72. The maximum Gasteiger partial charge on any atom is 1.00 e. The summed E-state index contributed by atoms with van der Waals surface area (Å²) in [6, 6.07) is 0. The SMILES string of the molecule is C[C-]=CO/C=C(\N)C(C)C.[CH3-].[CH3-].[Li+]. The first-order chi connectivity index (χ1) is 4.68. The second kappa shape index (κ2) is 14.2. The molecule has 0 aliphatic carbocycles. The van der Waals surface area contributed by atoms with Gasteiger partial charge in [0.05, 0.1) is 0 Å². The average Bonchev–Trinajstić information content (AvgIpc) is 1.88. The minimum Gasteiger partial charge on any atom is -0.508 e. The van der Waals surface area contributed by atoms with Crippen molar-refractivity contribution in [2.45, 2.75) is 20.8 Å². The Bertz CT molecular complexity index is 142. The molecule has 0 aliphatic heterocycles. The summed E-state index contributed by atoms with van der Waals surface area (Å²) < 4.78 is 4.88. The van der Waals surface area contributed by atoms with E-state index in [1.165, 1.54) is 12.5 Å². The van der Waals surface area contributed by atoms with E-state index in [0.29, 0.717) is 5.92 Å². The van der Waals surface area contributed by atoms with Gasteiger partial charge in [-0.1, -0.05) is 20.1 Å². The van der Waals surface area contributed by atoms with Crippen molar-refractivity contribution in [2.24, 2.45) is 11.7 Å². The van der Waals surface area contributed by atoms with Gasteiger partial charge in [0, 0.05) is 5.70 Å². The van der Waals surface area contributed by atoms with Gasteiger partial charge in [0.2, 0.25) is 0 Å². The maximum atomic E-state index is 5.55. The molecule has 2 N–H and O–H groups in total. The molecule has 0 aromatic rings. The van der Waals surface area contributed by atoms with Crippen molar-refractivity contribution < 1.29 is 23.6 Å². The minimum atomic E-state index is 0. The molecule has 0 rings (SSSR count). The second-order valence-electron chi connectivity index (χ2n) is 2.32. The van der Waals surface area contributed by atoms with Crippen LogP contribution in [0.1, 0.15) is 20.8 Å². The molecule has 74 valence electrons. The van der Waals surface area contributed by atoms with Gasteiger partial charge in [-0.2, -0.15) is 6.92 Å². The van der Waals surface area contributed by atoms with E-state index in [1.54, 1.807) is 6.92 Å². The maximum absolute atomic E-state index is 5.55. The van der Waals surface area contributed by atoms with Gasteiger partial charge in [0.25, 0.3) is 0 Å². The van der Waals surface area contributed by atoms with Crippen LogP contribution in [0.25, 0.3) is 0 Å². The smallest absolute Gasteiger partial charge is 0.508 e. The fourth-order valence-electron chi connectivity index (χ4n) is 0.317. The third-order valence-corrected chi connectivity index (χ3v) is 1.06. The third-order valence-electron chi connectivity index (χ3n) is 1.06. The summed E-state index contributed by atoms with van der Waals surface area (Å²) in [7, 11) is 0. The van der Waals surface area contributed by atoms with Crippen LogP contribution in [0.3, 0.4) is 0 Å². The molecule has 0 atom stereocenters. The van der Waals surface area contributed by atoms with Crippen molar-refractivity contribution in [3.05, 3.63) is 39.2 Å². The first-order valence-electron chi connectivity index (χ1n) is 3.28. The summed E-state index contributed by atoms with van der Waals surface area (Å²) in [6.45, 7) is 5.78. The van der Waals surface area contributed by atoms with Crippen molar-refractivity contribution >= 4 is 0 Å². The molecule has 0 aliphatic rings. The van der Waals surface area contributed by atoms with Crippen LogP contribution >= 0.6 is 0 Å². The van der Waals surface area contributed by atoms with Crippen LogP contribution in [0.5, 0.6) is 0 Å². The molecule has 0 fully saturated rings. The number of allylic oxidation sites excluding steroid dienone is 2. The Morgan fingerprint density at radius 1 is 1.38 bits per heavy atom. The predicted molar refractivity (Wildman–Crippen MR) is 54.5 cm³/mol. The van der Waals surface area contributed by atoms with E-state index >= 15 is 0 Å². The quantitative estimate of drug-likeness (QED) is 0.365. The molecule has 2 nitrogen and oxygen atoms in total. The van der Waals surface area contributed by atoms with E-state index in [9.17, 15) is 0 Å². The molecule has 13 heavy (non-hydrogen) atoms. The van der Waals surface area contributed by atoms with E-state index < -0.39 is 0 Å². The Hall–Kier alpha value is -0.323. The largest absolute Gasteiger partial charge is 1.00 e. The summed E-state index contributed by atoms with van der Waals surface area (Å²) in [4.78, 5) is 0. The van der Waals surface area contributed by atoms with E-state index in [1.807, 2.05) is 13.8 Å². The van der Waals surface area contributed by atoms with Gasteiger partial charge >= 0.3 is 18.9 Å². The van der Waals surface area contributed by atoms with Gasteiger partial charge in [-0.15, -0.1) is 0 Å². The number of hydrogen-bond donors (Lipinski definition) is 1. The van der Waals surface area contributed by atoms with E-state index in [-0.39, 0.29) is 33.7 Å². The summed E-state index contributed by atoms with van der Waals surface area (Å²) >= 11 is 0. The zero-order valence-electron chi connectivity index (χ0n) is 9.72. The first-order valence-corrected chi connectivity index (χ1v) is 3.28. The number of nitrogens with two attached hydrogens (primary N) is 1. The molecule has 0 spiro atoms. The molecular weight excluding hydrogens is 157 g/mol. The summed E-state index contributed by atoms with van der Waals surface area (Å²) in [5, 5.41) is 0. The van der Waals surface area contributed by atoms with Crippen LogP contribution in [0.15, 0.2) is 18.2 Å². The molecule has 0 bridgehead atoms. The van der Waals surface area contributed by atoms with Gasteiger partial charge in [-0.3, -0.25) is 0 Å². The summed E-state index contributed by atoms with van der Waals surface area (Å²) in [6.07, 6.45) is 5.71. The van der Waals surface area contributed by atoms with Crippen LogP contribution in [0.2, 0.25) is 0 Å². The fourth-order valence-corrected chi connectivity index (χ4v) is 0.317. The molecule has 0 aromatic heterocycles. The molecule has 0 unspecified atom stereocenters. The van der Waals surface area contributed by atoms with Crippen molar-refractivity contribution in [3.8, 4) is 0 Å². The van der Waals surface area contributed by atoms with Gasteiger partial charge in [-0.25, -0.2) is 0 Å². The Balaban J connectivity index is -0.000000135. The molecule has 0 radical (unpaired) electrons. The fraction of sp³-hybridized carbons (Fsp3) is 0.400. The number of hydrogen-bond acceptors (Lipinski definition) is 2. The first kappa shape index (κ1) is 23.0.